The first-order valence-electron chi connectivity index (χ1n) is 12.6. The van der Waals surface area contributed by atoms with Gasteiger partial charge in [-0.3, -0.25) is 0 Å². The van der Waals surface area contributed by atoms with E-state index in [0.29, 0.717) is 25.8 Å². The van der Waals surface area contributed by atoms with E-state index < -0.39 is 29.8 Å². The van der Waals surface area contributed by atoms with Crippen LogP contribution in [-0.2, 0) is 19.0 Å². The lowest BCUT2D eigenvalue weighted by atomic mass is 9.98. The SMILES string of the molecule is C=CCOC(=O)C(CCCCNC(=O)OC(C)(C)C)NC(=O)OCC1c2ccccc2-c2ccccc21. The molecule has 2 aromatic rings. The molecule has 2 aromatic carbocycles. The highest BCUT2D eigenvalue weighted by atomic mass is 16.6. The van der Waals surface area contributed by atoms with Crippen LogP contribution in [0.4, 0.5) is 9.59 Å². The summed E-state index contributed by atoms with van der Waals surface area (Å²) in [6.07, 6.45) is 1.77. The molecule has 0 fully saturated rings. The Morgan fingerprint density at radius 1 is 0.946 bits per heavy atom. The molecule has 0 radical (unpaired) electrons. The molecule has 2 N–H and O–H groups in total. The van der Waals surface area contributed by atoms with E-state index in [9.17, 15) is 14.4 Å². The number of benzene rings is 2. The maximum atomic E-state index is 12.7. The van der Waals surface area contributed by atoms with Gasteiger partial charge in [0.2, 0.25) is 0 Å². The highest BCUT2D eigenvalue weighted by Crippen LogP contribution is 2.44. The Hall–Kier alpha value is -3.81. The summed E-state index contributed by atoms with van der Waals surface area (Å²) in [6.45, 7) is 9.50. The zero-order chi connectivity index (χ0) is 26.8. The number of carbonyl (C=O) groups is 3. The number of hydrogen-bond acceptors (Lipinski definition) is 6. The second-order valence-electron chi connectivity index (χ2n) is 9.87. The van der Waals surface area contributed by atoms with Gasteiger partial charge in [-0.15, -0.1) is 0 Å². The minimum atomic E-state index is -0.878. The van der Waals surface area contributed by atoms with E-state index in [1.807, 2.05) is 36.4 Å². The Morgan fingerprint density at radius 2 is 1.57 bits per heavy atom. The summed E-state index contributed by atoms with van der Waals surface area (Å²) in [6, 6.07) is 15.3. The number of esters is 1. The third-order valence-electron chi connectivity index (χ3n) is 5.85. The molecule has 1 aliphatic carbocycles. The number of carbonyl (C=O) groups excluding carboxylic acids is 3. The Kier molecular flexibility index (Phi) is 9.71. The first kappa shape index (κ1) is 27.8. The van der Waals surface area contributed by atoms with Crippen molar-refractivity contribution in [3.63, 3.8) is 0 Å². The van der Waals surface area contributed by atoms with Gasteiger partial charge in [-0.05, 0) is 62.3 Å². The molecule has 8 heteroatoms. The quantitative estimate of drug-likeness (QED) is 0.184. The molecular weight excluding hydrogens is 472 g/mol. The van der Waals surface area contributed by atoms with Crippen molar-refractivity contribution in [1.29, 1.82) is 0 Å². The van der Waals surface area contributed by atoms with Crippen LogP contribution in [0.1, 0.15) is 57.1 Å². The summed E-state index contributed by atoms with van der Waals surface area (Å²) in [5.41, 5.74) is 3.92. The Bertz CT molecular complexity index is 1060. The molecule has 0 aromatic heterocycles. The Balaban J connectivity index is 1.52. The monoisotopic (exact) mass is 508 g/mol. The van der Waals surface area contributed by atoms with Crippen molar-refractivity contribution in [2.24, 2.45) is 0 Å². The third kappa shape index (κ3) is 8.10. The normalized spacial score (nSPS) is 13.1. The minimum Gasteiger partial charge on any atom is -0.460 e. The van der Waals surface area contributed by atoms with E-state index in [1.165, 1.54) is 6.08 Å². The number of hydrogen-bond donors (Lipinski definition) is 2. The summed E-state index contributed by atoms with van der Waals surface area (Å²) in [5.74, 6) is -0.642. The largest absolute Gasteiger partial charge is 0.460 e. The first-order valence-corrected chi connectivity index (χ1v) is 12.6. The van der Waals surface area contributed by atoms with E-state index in [1.54, 1.807) is 20.8 Å². The van der Waals surface area contributed by atoms with Crippen LogP contribution in [0.3, 0.4) is 0 Å². The highest BCUT2D eigenvalue weighted by Gasteiger charge is 2.30. The lowest BCUT2D eigenvalue weighted by Crippen LogP contribution is -2.42. The van der Waals surface area contributed by atoms with Crippen LogP contribution < -0.4 is 10.6 Å². The molecule has 0 spiro atoms. The molecule has 0 bridgehead atoms. The van der Waals surface area contributed by atoms with E-state index in [0.717, 1.165) is 22.3 Å². The van der Waals surface area contributed by atoms with Crippen LogP contribution >= 0.6 is 0 Å². The maximum Gasteiger partial charge on any atom is 0.407 e. The number of alkyl carbamates (subject to hydrolysis) is 2. The van der Waals surface area contributed by atoms with Crippen molar-refractivity contribution in [2.45, 2.75) is 57.6 Å². The number of fused-ring (bicyclic) bond motifs is 3. The number of nitrogens with one attached hydrogen (secondary N) is 2. The molecule has 1 atom stereocenters. The zero-order valence-corrected chi connectivity index (χ0v) is 21.8. The van der Waals surface area contributed by atoms with Gasteiger partial charge >= 0.3 is 18.2 Å². The molecular formula is C29H36N2O6. The Morgan fingerprint density at radius 3 is 2.16 bits per heavy atom. The lowest BCUT2D eigenvalue weighted by Gasteiger charge is -2.20. The molecule has 37 heavy (non-hydrogen) atoms. The van der Waals surface area contributed by atoms with Gasteiger partial charge in [0, 0.05) is 12.5 Å². The predicted molar refractivity (Wildman–Crippen MR) is 141 cm³/mol. The fourth-order valence-corrected chi connectivity index (χ4v) is 4.25. The first-order chi connectivity index (χ1) is 17.7. The summed E-state index contributed by atoms with van der Waals surface area (Å²) in [7, 11) is 0. The average Bonchev–Trinajstić information content (AvgIpc) is 3.17. The Labute approximate surface area is 218 Å². The topological polar surface area (TPSA) is 103 Å². The van der Waals surface area contributed by atoms with Crippen molar-refractivity contribution in [2.75, 3.05) is 19.8 Å². The van der Waals surface area contributed by atoms with Crippen molar-refractivity contribution in [3.05, 3.63) is 72.3 Å². The van der Waals surface area contributed by atoms with Crippen molar-refractivity contribution < 1.29 is 28.6 Å². The van der Waals surface area contributed by atoms with Gasteiger partial charge in [-0.1, -0.05) is 61.2 Å². The van der Waals surface area contributed by atoms with Crippen LogP contribution in [0.15, 0.2) is 61.2 Å². The van der Waals surface area contributed by atoms with Gasteiger partial charge < -0.3 is 24.8 Å². The minimum absolute atomic E-state index is 0.0436. The van der Waals surface area contributed by atoms with Gasteiger partial charge in [0.25, 0.3) is 0 Å². The van der Waals surface area contributed by atoms with Crippen LogP contribution in [-0.4, -0.2) is 49.6 Å². The van der Waals surface area contributed by atoms with Gasteiger partial charge in [-0.2, -0.15) is 0 Å². The smallest absolute Gasteiger partial charge is 0.407 e. The fourth-order valence-electron chi connectivity index (χ4n) is 4.25. The van der Waals surface area contributed by atoms with Gasteiger partial charge in [0.15, 0.2) is 0 Å². The summed E-state index contributed by atoms with van der Waals surface area (Å²) in [4.78, 5) is 37.0. The van der Waals surface area contributed by atoms with Crippen LogP contribution in [0.5, 0.6) is 0 Å². The van der Waals surface area contributed by atoms with Gasteiger partial charge in [0.05, 0.1) is 0 Å². The van der Waals surface area contributed by atoms with Crippen LogP contribution in [0, 0.1) is 0 Å². The van der Waals surface area contributed by atoms with E-state index >= 15 is 0 Å². The molecule has 0 saturated heterocycles. The standard InChI is InChI=1S/C29H36N2O6/c1-5-18-35-26(32)25(16-10-11-17-30-27(33)37-29(2,3)4)31-28(34)36-19-24-22-14-8-6-12-20(22)21-13-7-9-15-23(21)24/h5-9,12-15,24-25H,1,10-11,16-19H2,2-4H3,(H,30,33)(H,31,34). The molecule has 8 nitrogen and oxygen atoms in total. The molecule has 198 valence electrons. The van der Waals surface area contributed by atoms with Crippen molar-refractivity contribution in [1.82, 2.24) is 10.6 Å². The predicted octanol–water partition coefficient (Wildman–Crippen LogP) is 5.32. The zero-order valence-electron chi connectivity index (χ0n) is 21.8. The third-order valence-corrected chi connectivity index (χ3v) is 5.85. The van der Waals surface area contributed by atoms with E-state index in [4.69, 9.17) is 14.2 Å². The molecule has 2 amide bonds. The summed E-state index contributed by atoms with van der Waals surface area (Å²) >= 11 is 0. The van der Waals surface area contributed by atoms with Crippen LogP contribution in [0.25, 0.3) is 11.1 Å². The highest BCUT2D eigenvalue weighted by molar-refractivity contribution is 5.82. The lowest BCUT2D eigenvalue weighted by molar-refractivity contribution is -0.145. The molecule has 1 aliphatic rings. The van der Waals surface area contributed by atoms with Crippen molar-refractivity contribution in [3.8, 4) is 11.1 Å². The summed E-state index contributed by atoms with van der Waals surface area (Å²) < 4.78 is 15.9. The molecule has 1 unspecified atom stereocenters. The summed E-state index contributed by atoms with van der Waals surface area (Å²) in [5, 5.41) is 5.33. The molecule has 0 saturated carbocycles. The maximum absolute atomic E-state index is 12.7. The fraction of sp³-hybridized carbons (Fsp3) is 0.414. The number of unbranched alkanes of at least 4 members (excludes halogenated alkanes) is 1. The van der Waals surface area contributed by atoms with Crippen molar-refractivity contribution >= 4 is 18.2 Å². The number of ether oxygens (including phenoxy) is 3. The number of rotatable bonds is 11. The van der Waals surface area contributed by atoms with E-state index in [-0.39, 0.29) is 19.1 Å². The number of amides is 2. The average molecular weight is 509 g/mol. The second-order valence-corrected chi connectivity index (χ2v) is 9.87. The van der Waals surface area contributed by atoms with Gasteiger partial charge in [-0.25, -0.2) is 14.4 Å². The van der Waals surface area contributed by atoms with E-state index in [2.05, 4.69) is 29.3 Å². The molecule has 3 rings (SSSR count). The molecule has 0 heterocycles. The second kappa shape index (κ2) is 12.9. The molecule has 0 aliphatic heterocycles. The van der Waals surface area contributed by atoms with Gasteiger partial charge in [0.1, 0.15) is 24.9 Å². The van der Waals surface area contributed by atoms with Crippen LogP contribution in [0.2, 0.25) is 0 Å².